The van der Waals surface area contributed by atoms with E-state index in [0.29, 0.717) is 18.8 Å². The molecule has 0 fully saturated rings. The van der Waals surface area contributed by atoms with E-state index < -0.39 is 0 Å². The lowest BCUT2D eigenvalue weighted by Gasteiger charge is -2.06. The van der Waals surface area contributed by atoms with Gasteiger partial charge in [0.25, 0.3) is 0 Å². The molecule has 3 rings (SSSR count). The number of hydrogen-bond donors (Lipinski definition) is 3. The molecule has 0 spiro atoms. The number of aliphatic hydroxyl groups excluding tert-OH is 1. The molecule has 172 valence electrons. The lowest BCUT2D eigenvalue weighted by molar-refractivity contribution is -0.120. The minimum atomic E-state index is -0.0836. The van der Waals surface area contributed by atoms with Gasteiger partial charge in [0, 0.05) is 31.7 Å². The van der Waals surface area contributed by atoms with Gasteiger partial charge in [-0.05, 0) is 80.3 Å². The van der Waals surface area contributed by atoms with E-state index in [4.69, 9.17) is 10.1 Å². The van der Waals surface area contributed by atoms with Crippen LogP contribution in [0.15, 0.2) is 48.4 Å². The molecule has 0 aliphatic rings. The van der Waals surface area contributed by atoms with Gasteiger partial charge in [-0.1, -0.05) is 16.9 Å². The molecule has 0 saturated heterocycles. The van der Waals surface area contributed by atoms with Crippen molar-refractivity contribution in [1.29, 1.82) is 0 Å². The first-order chi connectivity index (χ1) is 15.9. The van der Waals surface area contributed by atoms with Gasteiger partial charge in [-0.25, -0.2) is 9.97 Å². The van der Waals surface area contributed by atoms with Crippen molar-refractivity contribution in [2.24, 2.45) is 0 Å². The molecule has 0 saturated carbocycles. The minimum Gasteiger partial charge on any atom is -0.396 e. The summed E-state index contributed by atoms with van der Waals surface area (Å²) in [6.45, 7) is 6.70. The summed E-state index contributed by atoms with van der Waals surface area (Å²) in [7, 11) is 0. The first kappa shape index (κ1) is 24.3. The highest BCUT2D eigenvalue weighted by Crippen LogP contribution is 2.30. The van der Waals surface area contributed by atoms with Crippen LogP contribution in [0, 0.1) is 0 Å². The molecule has 8 heteroatoms. The van der Waals surface area contributed by atoms with E-state index in [1.165, 1.54) is 0 Å². The van der Waals surface area contributed by atoms with Crippen molar-refractivity contribution in [3.05, 3.63) is 70.1 Å². The number of nitrogens with one attached hydrogen (secondary N) is 2. The van der Waals surface area contributed by atoms with Gasteiger partial charge in [-0.2, -0.15) is 0 Å². The Balaban J connectivity index is 1.79. The van der Waals surface area contributed by atoms with Crippen LogP contribution in [0.25, 0.3) is 17.7 Å². The zero-order chi connectivity index (χ0) is 23.6. The molecule has 0 bridgehead atoms. The van der Waals surface area contributed by atoms with Gasteiger partial charge in [-0.3, -0.25) is 9.78 Å². The van der Waals surface area contributed by atoms with E-state index in [2.05, 4.69) is 39.7 Å². The Morgan fingerprint density at radius 1 is 1.12 bits per heavy atom. The SMILES string of the molecule is CC(C)=Cc1nc(Nc2cc(CC(=O)NCCCO)ccn2)sc1/C=C(\C)c1ccncc1. The standard InChI is InChI=1S/C25H29N5O2S/c1-17(2)13-21-22(14-18(3)20-6-9-26-10-7-20)33-25(29-21)30-23-15-19(5-11-27-23)16-24(32)28-8-4-12-31/h5-7,9-11,13-15,31H,4,8,12,16H2,1-3H3,(H,28,32)(H,27,29,30)/b18-14+. The minimum absolute atomic E-state index is 0.0609. The van der Waals surface area contributed by atoms with Crippen LogP contribution >= 0.6 is 11.3 Å². The van der Waals surface area contributed by atoms with E-state index in [9.17, 15) is 4.79 Å². The van der Waals surface area contributed by atoms with Gasteiger partial charge in [0.2, 0.25) is 5.91 Å². The number of anilines is 2. The fraction of sp³-hybridized carbons (Fsp3) is 0.280. The third kappa shape index (κ3) is 7.62. The predicted molar refractivity (Wildman–Crippen MR) is 135 cm³/mol. The monoisotopic (exact) mass is 463 g/mol. The van der Waals surface area contributed by atoms with Crippen LogP contribution < -0.4 is 10.6 Å². The first-order valence-electron chi connectivity index (χ1n) is 10.8. The number of carbonyl (C=O) groups excluding carboxylic acids is 1. The summed E-state index contributed by atoms with van der Waals surface area (Å²) in [6.07, 6.45) is 10.2. The van der Waals surface area contributed by atoms with Crippen molar-refractivity contribution in [2.75, 3.05) is 18.5 Å². The second-order valence-electron chi connectivity index (χ2n) is 7.83. The second-order valence-corrected chi connectivity index (χ2v) is 8.86. The van der Waals surface area contributed by atoms with E-state index in [-0.39, 0.29) is 18.9 Å². The third-order valence-electron chi connectivity index (χ3n) is 4.67. The molecule has 0 aromatic carbocycles. The molecule has 3 heterocycles. The number of rotatable bonds is 10. The zero-order valence-electron chi connectivity index (χ0n) is 19.1. The van der Waals surface area contributed by atoms with E-state index in [0.717, 1.165) is 38.0 Å². The molecule has 0 atom stereocenters. The highest BCUT2D eigenvalue weighted by molar-refractivity contribution is 7.16. The van der Waals surface area contributed by atoms with Gasteiger partial charge < -0.3 is 15.7 Å². The van der Waals surface area contributed by atoms with Crippen LogP contribution in [-0.2, 0) is 11.2 Å². The van der Waals surface area contributed by atoms with Gasteiger partial charge in [0.05, 0.1) is 17.0 Å². The van der Waals surface area contributed by atoms with Crippen molar-refractivity contribution in [1.82, 2.24) is 20.3 Å². The molecule has 3 N–H and O–H groups in total. The topological polar surface area (TPSA) is 100 Å². The zero-order valence-corrected chi connectivity index (χ0v) is 19.9. The van der Waals surface area contributed by atoms with E-state index >= 15 is 0 Å². The van der Waals surface area contributed by atoms with Crippen molar-refractivity contribution >= 4 is 45.9 Å². The largest absolute Gasteiger partial charge is 0.396 e. The van der Waals surface area contributed by atoms with Gasteiger partial charge in [-0.15, -0.1) is 0 Å². The summed E-state index contributed by atoms with van der Waals surface area (Å²) >= 11 is 1.55. The molecular formula is C25H29N5O2S. The predicted octanol–water partition coefficient (Wildman–Crippen LogP) is 4.70. The molecule has 0 unspecified atom stereocenters. The smallest absolute Gasteiger partial charge is 0.224 e. The molecular weight excluding hydrogens is 434 g/mol. The number of aromatic nitrogens is 3. The molecule has 3 aromatic rings. The van der Waals surface area contributed by atoms with Gasteiger partial charge in [0.15, 0.2) is 5.13 Å². The second kappa shape index (κ2) is 12.0. The fourth-order valence-corrected chi connectivity index (χ4v) is 4.04. The Hall–Kier alpha value is -3.36. The number of aliphatic hydroxyl groups is 1. The van der Waals surface area contributed by atoms with Crippen LogP contribution in [0.3, 0.4) is 0 Å². The average molecular weight is 464 g/mol. The van der Waals surface area contributed by atoms with Crippen LogP contribution in [0.1, 0.15) is 48.9 Å². The van der Waals surface area contributed by atoms with Crippen molar-refractivity contribution in [3.8, 4) is 0 Å². The lowest BCUT2D eigenvalue weighted by Crippen LogP contribution is -2.26. The van der Waals surface area contributed by atoms with Crippen LogP contribution in [0.5, 0.6) is 0 Å². The Labute approximate surface area is 198 Å². The maximum absolute atomic E-state index is 12.1. The number of amides is 1. The molecule has 3 aromatic heterocycles. The molecule has 0 aliphatic carbocycles. The van der Waals surface area contributed by atoms with Gasteiger partial charge >= 0.3 is 0 Å². The van der Waals surface area contributed by atoms with E-state index in [1.807, 2.05) is 38.1 Å². The first-order valence-corrected chi connectivity index (χ1v) is 11.6. The lowest BCUT2D eigenvalue weighted by atomic mass is 10.1. The van der Waals surface area contributed by atoms with Crippen molar-refractivity contribution < 1.29 is 9.90 Å². The summed E-state index contributed by atoms with van der Waals surface area (Å²) in [5.74, 6) is 0.550. The Bertz CT molecular complexity index is 1130. The quantitative estimate of drug-likeness (QED) is 0.377. The summed E-state index contributed by atoms with van der Waals surface area (Å²) in [6, 6.07) is 7.65. The summed E-state index contributed by atoms with van der Waals surface area (Å²) in [4.78, 5) is 26.3. The number of carbonyl (C=O) groups is 1. The maximum Gasteiger partial charge on any atom is 0.224 e. The van der Waals surface area contributed by atoms with Crippen LogP contribution in [-0.4, -0.2) is 39.1 Å². The summed E-state index contributed by atoms with van der Waals surface area (Å²) in [5, 5.41) is 15.6. The van der Waals surface area contributed by atoms with Crippen LogP contribution in [0.2, 0.25) is 0 Å². The number of hydrogen-bond acceptors (Lipinski definition) is 7. The highest BCUT2D eigenvalue weighted by atomic mass is 32.1. The number of allylic oxidation sites excluding steroid dienone is 2. The fourth-order valence-electron chi connectivity index (χ4n) is 3.09. The Kier molecular flexibility index (Phi) is 8.86. The molecule has 0 aliphatic heterocycles. The normalized spacial score (nSPS) is 11.2. The number of nitrogens with zero attached hydrogens (tertiary/aromatic N) is 3. The van der Waals surface area contributed by atoms with Crippen molar-refractivity contribution in [3.63, 3.8) is 0 Å². The number of pyridine rings is 2. The molecule has 7 nitrogen and oxygen atoms in total. The molecule has 33 heavy (non-hydrogen) atoms. The van der Waals surface area contributed by atoms with Gasteiger partial charge in [0.1, 0.15) is 5.82 Å². The molecule has 1 amide bonds. The van der Waals surface area contributed by atoms with E-state index in [1.54, 1.807) is 29.9 Å². The third-order valence-corrected chi connectivity index (χ3v) is 5.60. The maximum atomic E-state index is 12.1. The summed E-state index contributed by atoms with van der Waals surface area (Å²) in [5.41, 5.74) is 5.15. The summed E-state index contributed by atoms with van der Waals surface area (Å²) < 4.78 is 0. The Morgan fingerprint density at radius 2 is 1.91 bits per heavy atom. The highest BCUT2D eigenvalue weighted by Gasteiger charge is 2.11. The average Bonchev–Trinajstić information content (AvgIpc) is 3.14. The molecule has 0 radical (unpaired) electrons. The Morgan fingerprint density at radius 3 is 2.64 bits per heavy atom. The van der Waals surface area contributed by atoms with Crippen LogP contribution in [0.4, 0.5) is 10.9 Å². The van der Waals surface area contributed by atoms with Crippen molar-refractivity contribution in [2.45, 2.75) is 33.6 Å². The number of thiazole rings is 1.